The van der Waals surface area contributed by atoms with Crippen LogP contribution in [0, 0.1) is 21.4 Å². The molecule has 0 saturated carbocycles. The first-order valence-corrected chi connectivity index (χ1v) is 11.9. The van der Waals surface area contributed by atoms with E-state index in [0.29, 0.717) is 10.9 Å². The summed E-state index contributed by atoms with van der Waals surface area (Å²) in [5, 5.41) is 32.7. The Bertz CT molecular complexity index is 1260. The third-order valence-electron chi connectivity index (χ3n) is 5.13. The van der Waals surface area contributed by atoms with Crippen molar-refractivity contribution >= 4 is 34.1 Å². The van der Waals surface area contributed by atoms with Gasteiger partial charge in [0.1, 0.15) is 33.9 Å². The Kier molecular flexibility index (Phi) is 9.09. The average Bonchev–Trinajstić information content (AvgIpc) is 3.51. The molecule has 0 aliphatic rings. The SMILES string of the molecule is CCCCCCCc1nnc(NC(=O)C(C#N)=Cc2ccc(-c3ccc(OC)cc3[N+](=O)[O-])o2)s1. The van der Waals surface area contributed by atoms with E-state index in [0.717, 1.165) is 24.3 Å². The van der Waals surface area contributed by atoms with Crippen LogP contribution in [0.4, 0.5) is 10.8 Å². The molecule has 3 rings (SSSR count). The minimum atomic E-state index is -0.647. The minimum absolute atomic E-state index is 0.190. The lowest BCUT2D eigenvalue weighted by atomic mass is 10.1. The van der Waals surface area contributed by atoms with Crippen LogP contribution in [0.15, 0.2) is 40.3 Å². The number of methoxy groups -OCH3 is 1. The number of nitro groups is 1. The van der Waals surface area contributed by atoms with Gasteiger partial charge in [0.25, 0.3) is 11.6 Å². The van der Waals surface area contributed by atoms with Gasteiger partial charge in [0, 0.05) is 12.5 Å². The lowest BCUT2D eigenvalue weighted by molar-refractivity contribution is -0.384. The maximum absolute atomic E-state index is 12.6. The van der Waals surface area contributed by atoms with Gasteiger partial charge in [0.2, 0.25) is 5.13 Å². The molecule has 10 nitrogen and oxygen atoms in total. The summed E-state index contributed by atoms with van der Waals surface area (Å²) in [6.07, 6.45) is 7.80. The Morgan fingerprint density at radius 1 is 1.26 bits per heavy atom. The van der Waals surface area contributed by atoms with E-state index in [-0.39, 0.29) is 28.3 Å². The van der Waals surface area contributed by atoms with Gasteiger partial charge in [-0.3, -0.25) is 20.2 Å². The van der Waals surface area contributed by atoms with Crippen LogP contribution in [0.1, 0.15) is 49.8 Å². The van der Waals surface area contributed by atoms with Gasteiger partial charge < -0.3 is 9.15 Å². The highest BCUT2D eigenvalue weighted by Gasteiger charge is 2.20. The van der Waals surface area contributed by atoms with Crippen molar-refractivity contribution in [2.24, 2.45) is 0 Å². The van der Waals surface area contributed by atoms with Crippen LogP contribution in [0.25, 0.3) is 17.4 Å². The van der Waals surface area contributed by atoms with Crippen LogP contribution >= 0.6 is 11.3 Å². The highest BCUT2D eigenvalue weighted by molar-refractivity contribution is 7.15. The van der Waals surface area contributed by atoms with E-state index in [1.165, 1.54) is 68.1 Å². The van der Waals surface area contributed by atoms with Crippen molar-refractivity contribution in [3.8, 4) is 23.1 Å². The molecule has 0 fully saturated rings. The van der Waals surface area contributed by atoms with E-state index in [1.54, 1.807) is 6.07 Å². The number of aryl methyl sites for hydroxylation is 1. The van der Waals surface area contributed by atoms with E-state index < -0.39 is 10.8 Å². The molecule has 0 aliphatic carbocycles. The van der Waals surface area contributed by atoms with Gasteiger partial charge in [-0.1, -0.05) is 43.9 Å². The summed E-state index contributed by atoms with van der Waals surface area (Å²) >= 11 is 1.28. The molecule has 0 unspecified atom stereocenters. The van der Waals surface area contributed by atoms with Crippen molar-refractivity contribution in [3.05, 3.63) is 56.8 Å². The van der Waals surface area contributed by atoms with Crippen LogP contribution in [0.5, 0.6) is 5.75 Å². The quantitative estimate of drug-likeness (QED) is 0.110. The number of benzene rings is 1. The van der Waals surface area contributed by atoms with Crippen LogP contribution in [-0.4, -0.2) is 28.1 Å². The van der Waals surface area contributed by atoms with Crippen molar-refractivity contribution in [1.82, 2.24) is 10.2 Å². The first-order valence-electron chi connectivity index (χ1n) is 11.1. The Balaban J connectivity index is 1.69. The molecule has 1 N–H and O–H groups in total. The Morgan fingerprint density at radius 2 is 2.06 bits per heavy atom. The second kappa shape index (κ2) is 12.4. The number of aromatic nitrogens is 2. The van der Waals surface area contributed by atoms with E-state index in [1.807, 2.05) is 6.07 Å². The molecule has 2 aromatic heterocycles. The van der Waals surface area contributed by atoms with E-state index in [4.69, 9.17) is 9.15 Å². The molecule has 182 valence electrons. The summed E-state index contributed by atoms with van der Waals surface area (Å²) in [4.78, 5) is 23.5. The zero-order chi connectivity index (χ0) is 25.2. The van der Waals surface area contributed by atoms with Crippen LogP contribution < -0.4 is 10.1 Å². The maximum Gasteiger partial charge on any atom is 0.284 e. The molecule has 1 amide bonds. The molecule has 0 spiro atoms. The third kappa shape index (κ3) is 6.97. The Labute approximate surface area is 206 Å². The minimum Gasteiger partial charge on any atom is -0.497 e. The maximum atomic E-state index is 12.6. The standard InChI is InChI=1S/C24H25N5O5S/c1-3-4-5-6-7-8-22-27-28-24(35-22)26-23(30)16(15-25)13-18-10-12-21(34-18)19-11-9-17(33-2)14-20(19)29(31)32/h9-14H,3-8H2,1-2H3,(H,26,28,30). The van der Waals surface area contributed by atoms with Gasteiger partial charge >= 0.3 is 0 Å². The Morgan fingerprint density at radius 3 is 2.77 bits per heavy atom. The first kappa shape index (κ1) is 25.6. The fraction of sp³-hybridized carbons (Fsp3) is 0.333. The smallest absolute Gasteiger partial charge is 0.284 e. The number of anilines is 1. The summed E-state index contributed by atoms with van der Waals surface area (Å²) in [7, 11) is 1.42. The van der Waals surface area contributed by atoms with Gasteiger partial charge in [-0.15, -0.1) is 10.2 Å². The molecular weight excluding hydrogens is 470 g/mol. The summed E-state index contributed by atoms with van der Waals surface area (Å²) < 4.78 is 10.7. The molecule has 35 heavy (non-hydrogen) atoms. The second-order valence-electron chi connectivity index (χ2n) is 7.63. The topological polar surface area (TPSA) is 144 Å². The van der Waals surface area contributed by atoms with Crippen molar-refractivity contribution in [3.63, 3.8) is 0 Å². The number of furan rings is 1. The number of ether oxygens (including phenoxy) is 1. The zero-order valence-electron chi connectivity index (χ0n) is 19.4. The van der Waals surface area contributed by atoms with E-state index >= 15 is 0 Å². The highest BCUT2D eigenvalue weighted by Crippen LogP contribution is 2.34. The van der Waals surface area contributed by atoms with Gasteiger partial charge in [-0.2, -0.15) is 5.26 Å². The summed E-state index contributed by atoms with van der Waals surface area (Å²) in [6, 6.07) is 9.29. The van der Waals surface area contributed by atoms with Gasteiger partial charge in [-0.25, -0.2) is 0 Å². The fourth-order valence-corrected chi connectivity index (χ4v) is 4.09. The number of unbranched alkanes of at least 4 members (excludes halogenated alkanes) is 4. The van der Waals surface area contributed by atoms with Crippen LogP contribution in [-0.2, 0) is 11.2 Å². The lowest BCUT2D eigenvalue weighted by Gasteiger charge is -2.03. The number of hydrogen-bond acceptors (Lipinski definition) is 9. The molecule has 11 heteroatoms. The Hall–Kier alpha value is -4.04. The molecular formula is C24H25N5O5S. The summed E-state index contributed by atoms with van der Waals surface area (Å²) in [6.45, 7) is 2.17. The predicted octanol–water partition coefficient (Wildman–Crippen LogP) is 5.77. The predicted molar refractivity (Wildman–Crippen MR) is 132 cm³/mol. The number of nitriles is 1. The summed E-state index contributed by atoms with van der Waals surface area (Å²) in [5.74, 6) is 0.108. The second-order valence-corrected chi connectivity index (χ2v) is 8.69. The van der Waals surface area contributed by atoms with Crippen molar-refractivity contribution < 1.29 is 18.9 Å². The van der Waals surface area contributed by atoms with Crippen LogP contribution in [0.2, 0.25) is 0 Å². The molecule has 1 aromatic carbocycles. The molecule has 0 aliphatic heterocycles. The largest absolute Gasteiger partial charge is 0.497 e. The third-order valence-corrected chi connectivity index (χ3v) is 6.03. The molecule has 0 radical (unpaired) electrons. The average molecular weight is 496 g/mol. The molecule has 0 saturated heterocycles. The number of carbonyl (C=O) groups is 1. The number of rotatable bonds is 12. The number of amides is 1. The number of hydrogen-bond donors (Lipinski definition) is 1. The van der Waals surface area contributed by atoms with Crippen molar-refractivity contribution in [2.45, 2.75) is 45.4 Å². The van der Waals surface area contributed by atoms with Gasteiger partial charge in [0.15, 0.2) is 0 Å². The summed E-state index contributed by atoms with van der Waals surface area (Å²) in [5.41, 5.74) is -0.147. The zero-order valence-corrected chi connectivity index (χ0v) is 20.3. The molecule has 3 aromatic rings. The van der Waals surface area contributed by atoms with Crippen LogP contribution in [0.3, 0.4) is 0 Å². The lowest BCUT2D eigenvalue weighted by Crippen LogP contribution is -2.13. The first-order chi connectivity index (χ1) is 16.9. The van der Waals surface area contributed by atoms with Crippen molar-refractivity contribution in [2.75, 3.05) is 12.4 Å². The van der Waals surface area contributed by atoms with Gasteiger partial charge in [-0.05, 0) is 30.7 Å². The molecule has 0 bridgehead atoms. The van der Waals surface area contributed by atoms with Gasteiger partial charge in [0.05, 0.1) is 23.7 Å². The number of nitrogens with zero attached hydrogens (tertiary/aromatic N) is 4. The van der Waals surface area contributed by atoms with E-state index in [2.05, 4.69) is 22.4 Å². The van der Waals surface area contributed by atoms with E-state index in [9.17, 15) is 20.2 Å². The normalized spacial score (nSPS) is 11.2. The molecule has 2 heterocycles. The highest BCUT2D eigenvalue weighted by atomic mass is 32.1. The van der Waals surface area contributed by atoms with Crippen molar-refractivity contribution in [1.29, 1.82) is 5.26 Å². The monoisotopic (exact) mass is 495 g/mol. The molecule has 0 atom stereocenters. The number of nitrogens with one attached hydrogen (secondary N) is 1. The number of carbonyl (C=O) groups excluding carboxylic acids is 1. The number of nitro benzene ring substituents is 1. The fourth-order valence-electron chi connectivity index (χ4n) is 3.31.